The van der Waals surface area contributed by atoms with Crippen molar-refractivity contribution in [3.63, 3.8) is 0 Å². The van der Waals surface area contributed by atoms with Gasteiger partial charge in [-0.05, 0) is 42.5 Å². The number of benzene rings is 1. The summed E-state index contributed by atoms with van der Waals surface area (Å²) in [7, 11) is -1.12. The van der Waals surface area contributed by atoms with Crippen LogP contribution < -0.4 is 5.32 Å². The smallest absolute Gasteiger partial charge is 0.337 e. The Morgan fingerprint density at radius 3 is 2.10 bits per heavy atom. The minimum atomic E-state index is -3.55. The highest BCUT2D eigenvalue weighted by Gasteiger charge is 2.32. The van der Waals surface area contributed by atoms with Crippen molar-refractivity contribution in [2.24, 2.45) is 5.92 Å². The van der Waals surface area contributed by atoms with E-state index in [1.807, 2.05) is 0 Å². The van der Waals surface area contributed by atoms with Gasteiger partial charge in [0.05, 0.1) is 25.3 Å². The fraction of sp³-hybridized carbons (Fsp3) is 0.350. The number of sulfonamides is 1. The lowest BCUT2D eigenvalue weighted by molar-refractivity contribution is -0.120. The quantitative estimate of drug-likeness (QED) is 0.649. The largest absolute Gasteiger partial charge is 0.465 e. The number of hydrogen-bond acceptors (Lipinski definition) is 8. The Hall–Kier alpha value is -2.76. The van der Waals surface area contributed by atoms with Gasteiger partial charge in [0.2, 0.25) is 5.91 Å². The second kappa shape index (κ2) is 9.58. The Labute approximate surface area is 184 Å². The molecule has 0 unspecified atom stereocenters. The third kappa shape index (κ3) is 5.12. The normalized spacial score (nSPS) is 15.3. The number of esters is 2. The standard InChI is InChI=1S/C20H22N2O7S2/c1-28-19(24)14-10-15(20(25)29-2)12-16(11-14)21-18(23)13-5-7-22(8-6-13)31(26,27)17-4-3-9-30-17/h3-4,9-13H,5-8H2,1-2H3,(H,21,23). The number of thiophene rings is 1. The van der Waals surface area contributed by atoms with Gasteiger partial charge in [-0.25, -0.2) is 18.0 Å². The average molecular weight is 467 g/mol. The molecule has 2 aromatic rings. The maximum absolute atomic E-state index is 12.7. The molecule has 1 saturated heterocycles. The van der Waals surface area contributed by atoms with Crippen LogP contribution in [0.4, 0.5) is 5.69 Å². The van der Waals surface area contributed by atoms with Crippen molar-refractivity contribution >= 4 is 44.9 Å². The van der Waals surface area contributed by atoms with Crippen molar-refractivity contribution in [2.45, 2.75) is 17.1 Å². The van der Waals surface area contributed by atoms with Gasteiger partial charge in [-0.1, -0.05) is 6.07 Å². The SMILES string of the molecule is COC(=O)c1cc(NC(=O)C2CCN(S(=O)(=O)c3cccs3)CC2)cc(C(=O)OC)c1. The fourth-order valence-electron chi connectivity index (χ4n) is 3.31. The van der Waals surface area contributed by atoms with Crippen LogP contribution >= 0.6 is 11.3 Å². The van der Waals surface area contributed by atoms with E-state index in [2.05, 4.69) is 14.8 Å². The van der Waals surface area contributed by atoms with E-state index in [1.54, 1.807) is 17.5 Å². The van der Waals surface area contributed by atoms with Gasteiger partial charge in [0, 0.05) is 24.7 Å². The van der Waals surface area contributed by atoms with Crippen LogP contribution in [0.3, 0.4) is 0 Å². The summed E-state index contributed by atoms with van der Waals surface area (Å²) in [4.78, 5) is 36.5. The zero-order chi connectivity index (χ0) is 22.6. The predicted octanol–water partition coefficient (Wildman–Crippen LogP) is 2.36. The van der Waals surface area contributed by atoms with E-state index < -0.39 is 27.9 Å². The van der Waals surface area contributed by atoms with Crippen LogP contribution in [-0.4, -0.2) is 57.9 Å². The number of nitrogens with zero attached hydrogens (tertiary/aromatic N) is 1. The molecule has 31 heavy (non-hydrogen) atoms. The molecule has 1 fully saturated rings. The number of piperidine rings is 1. The summed E-state index contributed by atoms with van der Waals surface area (Å²) in [5.41, 5.74) is 0.442. The first-order valence-electron chi connectivity index (χ1n) is 9.42. The highest BCUT2D eigenvalue weighted by molar-refractivity contribution is 7.91. The van der Waals surface area contributed by atoms with Gasteiger partial charge < -0.3 is 14.8 Å². The summed E-state index contributed by atoms with van der Waals surface area (Å²) in [6.07, 6.45) is 0.716. The maximum Gasteiger partial charge on any atom is 0.337 e. The summed E-state index contributed by atoms with van der Waals surface area (Å²) in [6, 6.07) is 7.38. The summed E-state index contributed by atoms with van der Waals surface area (Å²) in [6.45, 7) is 0.460. The second-order valence-electron chi connectivity index (χ2n) is 6.88. The molecule has 1 aromatic heterocycles. The highest BCUT2D eigenvalue weighted by atomic mass is 32.2. The Kier molecular flexibility index (Phi) is 7.08. The number of carbonyl (C=O) groups excluding carboxylic acids is 3. The molecule has 1 amide bonds. The van der Waals surface area contributed by atoms with E-state index in [0.29, 0.717) is 12.8 Å². The minimum absolute atomic E-state index is 0.0950. The van der Waals surface area contributed by atoms with E-state index in [9.17, 15) is 22.8 Å². The van der Waals surface area contributed by atoms with Crippen molar-refractivity contribution in [1.29, 1.82) is 0 Å². The van der Waals surface area contributed by atoms with E-state index >= 15 is 0 Å². The molecule has 0 bridgehead atoms. The van der Waals surface area contributed by atoms with Crippen LogP contribution in [0.5, 0.6) is 0 Å². The molecule has 0 radical (unpaired) electrons. The number of anilines is 1. The first kappa shape index (κ1) is 22.9. The van der Waals surface area contributed by atoms with Crippen LogP contribution in [0.1, 0.15) is 33.6 Å². The zero-order valence-electron chi connectivity index (χ0n) is 17.0. The molecule has 0 spiro atoms. The lowest BCUT2D eigenvalue weighted by Crippen LogP contribution is -2.41. The first-order chi connectivity index (χ1) is 14.8. The number of nitrogens with one attached hydrogen (secondary N) is 1. The van der Waals surface area contributed by atoms with Crippen LogP contribution in [0.25, 0.3) is 0 Å². The summed E-state index contributed by atoms with van der Waals surface area (Å²) < 4.78 is 36.3. The Bertz CT molecular complexity index is 1040. The number of carbonyl (C=O) groups is 3. The van der Waals surface area contributed by atoms with Crippen molar-refractivity contribution in [1.82, 2.24) is 4.31 Å². The molecule has 2 heterocycles. The van der Waals surface area contributed by atoms with Gasteiger partial charge in [0.1, 0.15) is 4.21 Å². The van der Waals surface area contributed by atoms with Crippen molar-refractivity contribution in [3.05, 3.63) is 46.8 Å². The van der Waals surface area contributed by atoms with Crippen LogP contribution in [0.2, 0.25) is 0 Å². The van der Waals surface area contributed by atoms with Crippen molar-refractivity contribution in [3.8, 4) is 0 Å². The first-order valence-corrected chi connectivity index (χ1v) is 11.7. The van der Waals surface area contributed by atoms with E-state index in [4.69, 9.17) is 0 Å². The lowest BCUT2D eigenvalue weighted by atomic mass is 9.97. The Morgan fingerprint density at radius 2 is 1.61 bits per heavy atom. The summed E-state index contributed by atoms with van der Waals surface area (Å²) in [5, 5.41) is 4.42. The molecule has 166 valence electrons. The number of ether oxygens (including phenoxy) is 2. The topological polar surface area (TPSA) is 119 Å². The van der Waals surface area contributed by atoms with Crippen LogP contribution in [0, 0.1) is 5.92 Å². The number of methoxy groups -OCH3 is 2. The molecular weight excluding hydrogens is 444 g/mol. The average Bonchev–Trinajstić information content (AvgIpc) is 3.33. The molecule has 1 N–H and O–H groups in total. The van der Waals surface area contributed by atoms with E-state index in [1.165, 1.54) is 36.7 Å². The van der Waals surface area contributed by atoms with Gasteiger partial charge in [0.15, 0.2) is 0 Å². The van der Waals surface area contributed by atoms with E-state index in [0.717, 1.165) is 11.3 Å². The van der Waals surface area contributed by atoms with Gasteiger partial charge >= 0.3 is 11.9 Å². The van der Waals surface area contributed by atoms with Crippen LogP contribution in [0.15, 0.2) is 39.9 Å². The van der Waals surface area contributed by atoms with E-state index in [-0.39, 0.29) is 40.0 Å². The third-order valence-corrected chi connectivity index (χ3v) is 8.23. The monoisotopic (exact) mass is 466 g/mol. The van der Waals surface area contributed by atoms with Crippen molar-refractivity contribution in [2.75, 3.05) is 32.6 Å². The number of amides is 1. The molecule has 0 aliphatic carbocycles. The van der Waals surface area contributed by atoms with Gasteiger partial charge in [-0.3, -0.25) is 4.79 Å². The molecule has 1 aromatic carbocycles. The summed E-state index contributed by atoms with van der Waals surface area (Å²) >= 11 is 1.16. The zero-order valence-corrected chi connectivity index (χ0v) is 18.6. The highest BCUT2D eigenvalue weighted by Crippen LogP contribution is 2.27. The second-order valence-corrected chi connectivity index (χ2v) is 9.99. The fourth-order valence-corrected chi connectivity index (χ4v) is 5.93. The lowest BCUT2D eigenvalue weighted by Gasteiger charge is -2.30. The number of hydrogen-bond donors (Lipinski definition) is 1. The Balaban J connectivity index is 1.70. The molecule has 3 rings (SSSR count). The number of rotatable bonds is 6. The minimum Gasteiger partial charge on any atom is -0.465 e. The summed E-state index contributed by atoms with van der Waals surface area (Å²) in [5.74, 6) is -2.04. The van der Waals surface area contributed by atoms with Gasteiger partial charge in [-0.15, -0.1) is 11.3 Å². The maximum atomic E-state index is 12.7. The van der Waals surface area contributed by atoms with Gasteiger partial charge in [-0.2, -0.15) is 4.31 Å². The molecule has 1 aliphatic heterocycles. The predicted molar refractivity (Wildman–Crippen MR) is 114 cm³/mol. The molecule has 9 nitrogen and oxygen atoms in total. The molecule has 0 atom stereocenters. The molecule has 0 saturated carbocycles. The third-order valence-electron chi connectivity index (χ3n) is 4.96. The van der Waals surface area contributed by atoms with Crippen LogP contribution in [-0.2, 0) is 24.3 Å². The van der Waals surface area contributed by atoms with Crippen molar-refractivity contribution < 1.29 is 32.3 Å². The molecular formula is C20H22N2O7S2. The Morgan fingerprint density at radius 1 is 1.03 bits per heavy atom. The molecule has 11 heteroatoms. The molecule has 1 aliphatic rings. The van der Waals surface area contributed by atoms with Gasteiger partial charge in [0.25, 0.3) is 10.0 Å².